The topological polar surface area (TPSA) is 83.7 Å². The SMILES string of the molecule is CN1CCN(C(=O)CS(=O)(=O)c2c(N)cccc2Cl)CC1. The number of carbonyl (C=O) groups excluding carboxylic acids is 1. The molecule has 2 rings (SSSR count). The molecule has 1 aromatic rings. The van der Waals surface area contributed by atoms with E-state index in [1.54, 1.807) is 11.0 Å². The fourth-order valence-corrected chi connectivity index (χ4v) is 4.21. The van der Waals surface area contributed by atoms with Crippen LogP contribution in [0.1, 0.15) is 0 Å². The number of anilines is 1. The number of carbonyl (C=O) groups is 1. The van der Waals surface area contributed by atoms with Crippen molar-refractivity contribution >= 4 is 33.0 Å². The van der Waals surface area contributed by atoms with Gasteiger partial charge in [0.25, 0.3) is 0 Å². The number of nitrogens with two attached hydrogens (primary N) is 1. The van der Waals surface area contributed by atoms with Crippen LogP contribution in [0.2, 0.25) is 5.02 Å². The zero-order valence-corrected chi connectivity index (χ0v) is 13.3. The van der Waals surface area contributed by atoms with Crippen LogP contribution in [0.4, 0.5) is 5.69 Å². The Hall–Kier alpha value is -1.31. The molecule has 6 nitrogen and oxygen atoms in total. The van der Waals surface area contributed by atoms with Crippen LogP contribution in [0.15, 0.2) is 23.1 Å². The van der Waals surface area contributed by atoms with Crippen LogP contribution in [0.25, 0.3) is 0 Å². The molecule has 1 fully saturated rings. The van der Waals surface area contributed by atoms with E-state index >= 15 is 0 Å². The summed E-state index contributed by atoms with van der Waals surface area (Å²) < 4.78 is 24.7. The van der Waals surface area contributed by atoms with Gasteiger partial charge in [0.15, 0.2) is 9.84 Å². The molecular formula is C13H18ClN3O3S. The van der Waals surface area contributed by atoms with E-state index in [1.807, 2.05) is 7.05 Å². The van der Waals surface area contributed by atoms with E-state index in [0.717, 1.165) is 13.1 Å². The Morgan fingerprint density at radius 2 is 1.90 bits per heavy atom. The van der Waals surface area contributed by atoms with Gasteiger partial charge in [-0.2, -0.15) is 0 Å². The first-order chi connectivity index (χ1) is 9.81. The maximum atomic E-state index is 12.4. The molecule has 0 atom stereocenters. The van der Waals surface area contributed by atoms with E-state index in [2.05, 4.69) is 4.90 Å². The molecule has 2 N–H and O–H groups in total. The van der Waals surface area contributed by atoms with E-state index in [4.69, 9.17) is 17.3 Å². The third kappa shape index (κ3) is 3.66. The maximum Gasteiger partial charge on any atom is 0.238 e. The van der Waals surface area contributed by atoms with Crippen LogP contribution in [0.3, 0.4) is 0 Å². The van der Waals surface area contributed by atoms with Crippen molar-refractivity contribution in [2.24, 2.45) is 0 Å². The van der Waals surface area contributed by atoms with Gasteiger partial charge in [-0.15, -0.1) is 0 Å². The summed E-state index contributed by atoms with van der Waals surface area (Å²) in [6.45, 7) is 2.53. The molecule has 1 amide bonds. The van der Waals surface area contributed by atoms with Gasteiger partial charge in [0, 0.05) is 26.2 Å². The average Bonchev–Trinajstić information content (AvgIpc) is 2.38. The second-order valence-corrected chi connectivity index (χ2v) is 7.43. The van der Waals surface area contributed by atoms with E-state index in [0.29, 0.717) is 13.1 Å². The molecule has 1 saturated heterocycles. The van der Waals surface area contributed by atoms with Crippen molar-refractivity contribution < 1.29 is 13.2 Å². The molecule has 1 heterocycles. The maximum absolute atomic E-state index is 12.4. The predicted molar refractivity (Wildman–Crippen MR) is 82.0 cm³/mol. The number of amides is 1. The molecule has 0 bridgehead atoms. The highest BCUT2D eigenvalue weighted by atomic mass is 35.5. The van der Waals surface area contributed by atoms with Gasteiger partial charge in [-0.1, -0.05) is 17.7 Å². The summed E-state index contributed by atoms with van der Waals surface area (Å²) in [6.07, 6.45) is 0. The molecule has 0 aromatic heterocycles. The molecule has 0 aliphatic carbocycles. The molecule has 0 saturated carbocycles. The van der Waals surface area contributed by atoms with E-state index < -0.39 is 21.5 Å². The van der Waals surface area contributed by atoms with Crippen molar-refractivity contribution in [3.63, 3.8) is 0 Å². The predicted octanol–water partition coefficient (Wildman–Crippen LogP) is 0.470. The summed E-state index contributed by atoms with van der Waals surface area (Å²) in [5, 5.41) is 0.0428. The molecule has 0 unspecified atom stereocenters. The minimum Gasteiger partial charge on any atom is -0.398 e. The van der Waals surface area contributed by atoms with Crippen LogP contribution in [0.5, 0.6) is 0 Å². The molecule has 0 radical (unpaired) electrons. The number of nitrogen functional groups attached to an aromatic ring is 1. The van der Waals surface area contributed by atoms with Crippen LogP contribution >= 0.6 is 11.6 Å². The number of hydrogen-bond donors (Lipinski definition) is 1. The van der Waals surface area contributed by atoms with Crippen LogP contribution in [0, 0.1) is 0 Å². The standard InChI is InChI=1S/C13H18ClN3O3S/c1-16-5-7-17(8-6-16)12(18)9-21(19,20)13-10(14)3-2-4-11(13)15/h2-4H,5-9,15H2,1H3. The zero-order chi connectivity index (χ0) is 15.6. The molecular weight excluding hydrogens is 314 g/mol. The number of rotatable bonds is 3. The van der Waals surface area contributed by atoms with Gasteiger partial charge in [-0.25, -0.2) is 8.42 Å². The fraction of sp³-hybridized carbons (Fsp3) is 0.462. The number of benzene rings is 1. The number of sulfone groups is 1. The summed E-state index contributed by atoms with van der Waals surface area (Å²) in [5.74, 6) is -1.02. The highest BCUT2D eigenvalue weighted by Crippen LogP contribution is 2.28. The van der Waals surface area contributed by atoms with Crippen LogP contribution in [-0.2, 0) is 14.6 Å². The first-order valence-electron chi connectivity index (χ1n) is 6.54. The van der Waals surface area contributed by atoms with Crippen molar-refractivity contribution in [3.05, 3.63) is 23.2 Å². The van der Waals surface area contributed by atoms with E-state index in [-0.39, 0.29) is 15.6 Å². The van der Waals surface area contributed by atoms with Gasteiger partial charge in [-0.3, -0.25) is 4.79 Å². The quantitative estimate of drug-likeness (QED) is 0.814. The minimum absolute atomic E-state index is 0.0428. The summed E-state index contributed by atoms with van der Waals surface area (Å²) in [7, 11) is -1.88. The van der Waals surface area contributed by atoms with Gasteiger partial charge < -0.3 is 15.5 Å². The Bertz CT molecular complexity index is 620. The lowest BCUT2D eigenvalue weighted by Gasteiger charge is -2.32. The molecule has 8 heteroatoms. The second kappa shape index (κ2) is 6.21. The lowest BCUT2D eigenvalue weighted by molar-refractivity contribution is -0.129. The molecule has 0 spiro atoms. The third-order valence-corrected chi connectivity index (χ3v) is 5.61. The van der Waals surface area contributed by atoms with Crippen LogP contribution < -0.4 is 5.73 Å². The summed E-state index contributed by atoms with van der Waals surface area (Å²) in [6, 6.07) is 4.48. The molecule has 116 valence electrons. The van der Waals surface area contributed by atoms with Gasteiger partial charge in [0.05, 0.1) is 10.7 Å². The monoisotopic (exact) mass is 331 g/mol. The first-order valence-corrected chi connectivity index (χ1v) is 8.57. The van der Waals surface area contributed by atoms with Gasteiger partial charge in [0.1, 0.15) is 10.6 Å². The Kier molecular flexibility index (Phi) is 4.75. The summed E-state index contributed by atoms with van der Waals surface area (Å²) in [5.41, 5.74) is 5.75. The lowest BCUT2D eigenvalue weighted by atomic mass is 10.3. The first kappa shape index (κ1) is 16.1. The largest absolute Gasteiger partial charge is 0.398 e. The number of piperazine rings is 1. The lowest BCUT2D eigenvalue weighted by Crippen LogP contribution is -2.48. The molecule has 1 aliphatic rings. The highest BCUT2D eigenvalue weighted by Gasteiger charge is 2.28. The number of nitrogens with zero attached hydrogens (tertiary/aromatic N) is 2. The summed E-state index contributed by atoms with van der Waals surface area (Å²) in [4.78, 5) is 15.7. The van der Waals surface area contributed by atoms with E-state index in [1.165, 1.54) is 12.1 Å². The average molecular weight is 332 g/mol. The van der Waals surface area contributed by atoms with Crippen molar-refractivity contribution in [1.82, 2.24) is 9.80 Å². The molecule has 21 heavy (non-hydrogen) atoms. The Labute approximate surface area is 129 Å². The minimum atomic E-state index is -3.85. The van der Waals surface area contributed by atoms with Crippen molar-refractivity contribution in [1.29, 1.82) is 0 Å². The Morgan fingerprint density at radius 1 is 1.29 bits per heavy atom. The van der Waals surface area contributed by atoms with Gasteiger partial charge in [0.2, 0.25) is 5.91 Å². The molecule has 1 aliphatic heterocycles. The summed E-state index contributed by atoms with van der Waals surface area (Å²) >= 11 is 5.91. The number of hydrogen-bond acceptors (Lipinski definition) is 5. The van der Waals surface area contributed by atoms with Gasteiger partial charge in [-0.05, 0) is 19.2 Å². The van der Waals surface area contributed by atoms with Crippen molar-refractivity contribution in [2.45, 2.75) is 4.90 Å². The zero-order valence-electron chi connectivity index (χ0n) is 11.8. The highest BCUT2D eigenvalue weighted by molar-refractivity contribution is 7.92. The molecule has 1 aromatic carbocycles. The fourth-order valence-electron chi connectivity index (χ4n) is 2.24. The van der Waals surface area contributed by atoms with Crippen molar-refractivity contribution in [3.8, 4) is 0 Å². The third-order valence-electron chi connectivity index (χ3n) is 3.48. The number of likely N-dealkylation sites (N-methyl/N-ethyl adjacent to an activating group) is 1. The second-order valence-electron chi connectivity index (χ2n) is 5.10. The Balaban J connectivity index is 2.16. The van der Waals surface area contributed by atoms with Crippen LogP contribution in [-0.4, -0.2) is 63.1 Å². The van der Waals surface area contributed by atoms with E-state index in [9.17, 15) is 13.2 Å². The smallest absolute Gasteiger partial charge is 0.238 e. The van der Waals surface area contributed by atoms with Gasteiger partial charge >= 0.3 is 0 Å². The Morgan fingerprint density at radius 3 is 2.48 bits per heavy atom. The van der Waals surface area contributed by atoms with Crippen molar-refractivity contribution in [2.75, 3.05) is 44.7 Å². The number of halogens is 1. The normalized spacial score (nSPS) is 17.0.